The standard InChI is InChI=1S/C31H35N3/c1-4-7-26-14-15-28(21(2)33-27-18-31(19-27)16-6-17-31)30-29(26)20-32-34(30)22(3)23-10-12-25(13-11-23)24-8-5-9-24/h10-15,20,22,24,27,33H,2,5-6,8-9,16-19H2,1,3H3/t22-/m1/s1. The van der Waals surface area contributed by atoms with E-state index < -0.39 is 0 Å². The second-order valence-corrected chi connectivity index (χ2v) is 10.9. The van der Waals surface area contributed by atoms with Gasteiger partial charge in [0.05, 0.1) is 17.8 Å². The van der Waals surface area contributed by atoms with E-state index in [0.717, 1.165) is 33.6 Å². The van der Waals surface area contributed by atoms with Crippen LogP contribution in [0.15, 0.2) is 49.2 Å². The third-order valence-corrected chi connectivity index (χ3v) is 8.86. The first kappa shape index (κ1) is 21.5. The van der Waals surface area contributed by atoms with E-state index in [-0.39, 0.29) is 6.04 Å². The van der Waals surface area contributed by atoms with Crippen molar-refractivity contribution in [1.82, 2.24) is 15.1 Å². The molecule has 2 aromatic carbocycles. The number of aromatic nitrogens is 2. The molecule has 0 bridgehead atoms. The summed E-state index contributed by atoms with van der Waals surface area (Å²) in [6, 6.07) is 14.2. The largest absolute Gasteiger partial charge is 0.382 e. The summed E-state index contributed by atoms with van der Waals surface area (Å²) in [6.45, 7) is 8.61. The van der Waals surface area contributed by atoms with Crippen molar-refractivity contribution < 1.29 is 0 Å². The lowest BCUT2D eigenvalue weighted by atomic mass is 9.54. The molecular weight excluding hydrogens is 414 g/mol. The van der Waals surface area contributed by atoms with Crippen molar-refractivity contribution in [2.75, 3.05) is 0 Å². The van der Waals surface area contributed by atoms with Crippen molar-refractivity contribution in [2.45, 2.75) is 83.2 Å². The van der Waals surface area contributed by atoms with Gasteiger partial charge in [0.25, 0.3) is 0 Å². The quantitative estimate of drug-likeness (QED) is 0.404. The van der Waals surface area contributed by atoms with Gasteiger partial charge >= 0.3 is 0 Å². The van der Waals surface area contributed by atoms with Crippen molar-refractivity contribution in [1.29, 1.82) is 0 Å². The van der Waals surface area contributed by atoms with Crippen LogP contribution in [-0.4, -0.2) is 15.8 Å². The Morgan fingerprint density at radius 3 is 2.50 bits per heavy atom. The topological polar surface area (TPSA) is 29.9 Å². The molecule has 1 heterocycles. The zero-order valence-corrected chi connectivity index (χ0v) is 20.5. The molecule has 1 spiro atoms. The molecule has 0 unspecified atom stereocenters. The number of nitrogens with zero attached hydrogens (tertiary/aromatic N) is 2. The molecule has 1 atom stereocenters. The van der Waals surface area contributed by atoms with Gasteiger partial charge in [-0.15, -0.1) is 5.92 Å². The number of nitrogens with one attached hydrogen (secondary N) is 1. The highest BCUT2D eigenvalue weighted by Gasteiger charge is 2.48. The lowest BCUT2D eigenvalue weighted by Gasteiger charge is -2.54. The summed E-state index contributed by atoms with van der Waals surface area (Å²) < 4.78 is 2.17. The Labute approximate surface area is 203 Å². The molecule has 174 valence electrons. The average molecular weight is 450 g/mol. The molecule has 0 aliphatic heterocycles. The SMILES string of the molecule is C=C(NC1CC2(CCC2)C1)c1ccc(C#CC)c2cnn([C@H](C)c3ccc(C4CCC4)cc3)c12. The van der Waals surface area contributed by atoms with Crippen molar-refractivity contribution in [3.05, 3.63) is 71.4 Å². The second kappa shape index (κ2) is 8.35. The Morgan fingerprint density at radius 1 is 1.12 bits per heavy atom. The van der Waals surface area contributed by atoms with E-state index >= 15 is 0 Å². The number of hydrogen-bond donors (Lipinski definition) is 1. The van der Waals surface area contributed by atoms with Gasteiger partial charge in [-0.3, -0.25) is 4.68 Å². The van der Waals surface area contributed by atoms with Crippen LogP contribution in [0, 0.1) is 17.3 Å². The van der Waals surface area contributed by atoms with E-state index in [2.05, 4.69) is 71.7 Å². The summed E-state index contributed by atoms with van der Waals surface area (Å²) in [7, 11) is 0. The van der Waals surface area contributed by atoms with E-state index in [1.54, 1.807) is 0 Å². The highest BCUT2D eigenvalue weighted by Crippen LogP contribution is 2.56. The summed E-state index contributed by atoms with van der Waals surface area (Å²) >= 11 is 0. The molecule has 3 aliphatic carbocycles. The Morgan fingerprint density at radius 2 is 1.88 bits per heavy atom. The minimum atomic E-state index is 0.131. The van der Waals surface area contributed by atoms with Gasteiger partial charge in [-0.1, -0.05) is 49.6 Å². The van der Waals surface area contributed by atoms with Crippen LogP contribution in [-0.2, 0) is 0 Å². The summed E-state index contributed by atoms with van der Waals surface area (Å²) in [5.41, 5.74) is 7.73. The first-order valence-corrected chi connectivity index (χ1v) is 13.1. The first-order valence-electron chi connectivity index (χ1n) is 13.1. The molecule has 3 aromatic rings. The summed E-state index contributed by atoms with van der Waals surface area (Å²) in [5.74, 6) is 7.11. The normalized spacial score (nSPS) is 20.1. The maximum atomic E-state index is 4.88. The van der Waals surface area contributed by atoms with Crippen molar-refractivity contribution in [3.8, 4) is 11.8 Å². The lowest BCUT2D eigenvalue weighted by Crippen LogP contribution is -2.51. The number of benzene rings is 2. The molecule has 3 saturated carbocycles. The van der Waals surface area contributed by atoms with Crippen molar-refractivity contribution >= 4 is 16.6 Å². The Balaban J connectivity index is 1.32. The monoisotopic (exact) mass is 449 g/mol. The van der Waals surface area contributed by atoms with Gasteiger partial charge in [0.1, 0.15) is 0 Å². The number of rotatable bonds is 6. The van der Waals surface area contributed by atoms with Gasteiger partial charge in [-0.05, 0) is 87.0 Å². The first-order chi connectivity index (χ1) is 16.6. The van der Waals surface area contributed by atoms with E-state index in [1.165, 1.54) is 62.5 Å². The van der Waals surface area contributed by atoms with Gasteiger partial charge in [-0.2, -0.15) is 5.10 Å². The van der Waals surface area contributed by atoms with Crippen LogP contribution in [0.2, 0.25) is 0 Å². The van der Waals surface area contributed by atoms with Crippen LogP contribution < -0.4 is 5.32 Å². The molecule has 3 fully saturated rings. The van der Waals surface area contributed by atoms with Crippen LogP contribution >= 0.6 is 0 Å². The third-order valence-electron chi connectivity index (χ3n) is 8.86. The van der Waals surface area contributed by atoms with Gasteiger partial charge in [0.2, 0.25) is 0 Å². The molecular formula is C31H35N3. The molecule has 0 radical (unpaired) electrons. The lowest BCUT2D eigenvalue weighted by molar-refractivity contribution is 0.00392. The number of fused-ring (bicyclic) bond motifs is 1. The Hall–Kier alpha value is -2.99. The minimum absolute atomic E-state index is 0.131. The fourth-order valence-electron chi connectivity index (χ4n) is 6.37. The second-order valence-electron chi connectivity index (χ2n) is 10.9. The molecule has 1 N–H and O–H groups in total. The zero-order chi connectivity index (χ0) is 23.3. The molecule has 3 heteroatoms. The fraction of sp³-hybridized carbons (Fsp3) is 0.452. The molecule has 1 aromatic heterocycles. The van der Waals surface area contributed by atoms with Crippen molar-refractivity contribution in [2.24, 2.45) is 5.41 Å². The van der Waals surface area contributed by atoms with Gasteiger partial charge in [0.15, 0.2) is 0 Å². The molecule has 6 rings (SSSR count). The number of hydrogen-bond acceptors (Lipinski definition) is 2. The van der Waals surface area contributed by atoms with Gasteiger partial charge in [-0.25, -0.2) is 0 Å². The van der Waals surface area contributed by atoms with Crippen LogP contribution in [0.25, 0.3) is 16.6 Å². The van der Waals surface area contributed by atoms with E-state index in [0.29, 0.717) is 11.5 Å². The highest BCUT2D eigenvalue weighted by atomic mass is 15.3. The maximum Gasteiger partial charge on any atom is 0.0795 e. The van der Waals surface area contributed by atoms with Gasteiger partial charge in [0, 0.05) is 28.3 Å². The fourth-order valence-corrected chi connectivity index (χ4v) is 6.37. The molecule has 3 nitrogen and oxygen atoms in total. The van der Waals surface area contributed by atoms with Gasteiger partial charge < -0.3 is 5.32 Å². The molecule has 0 saturated heterocycles. The van der Waals surface area contributed by atoms with E-state index in [4.69, 9.17) is 5.10 Å². The minimum Gasteiger partial charge on any atom is -0.382 e. The molecule has 3 aliphatic rings. The highest BCUT2D eigenvalue weighted by molar-refractivity contribution is 5.94. The van der Waals surface area contributed by atoms with E-state index in [1.807, 2.05) is 13.1 Å². The van der Waals surface area contributed by atoms with E-state index in [9.17, 15) is 0 Å². The predicted octanol–water partition coefficient (Wildman–Crippen LogP) is 7.18. The smallest absolute Gasteiger partial charge is 0.0795 e. The molecule has 34 heavy (non-hydrogen) atoms. The van der Waals surface area contributed by atoms with Crippen LogP contribution in [0.4, 0.5) is 0 Å². The van der Waals surface area contributed by atoms with Crippen LogP contribution in [0.3, 0.4) is 0 Å². The summed E-state index contributed by atoms with van der Waals surface area (Å²) in [5, 5.41) is 9.75. The predicted molar refractivity (Wildman–Crippen MR) is 141 cm³/mol. The average Bonchev–Trinajstić information content (AvgIpc) is 3.19. The third kappa shape index (κ3) is 3.56. The Kier molecular flexibility index (Phi) is 5.29. The Bertz CT molecular complexity index is 1280. The molecule has 0 amide bonds. The van der Waals surface area contributed by atoms with Crippen molar-refractivity contribution in [3.63, 3.8) is 0 Å². The zero-order valence-electron chi connectivity index (χ0n) is 20.5. The summed E-state index contributed by atoms with van der Waals surface area (Å²) in [6.07, 6.45) is 12.8. The maximum absolute atomic E-state index is 4.88. The van der Waals surface area contributed by atoms with Crippen LogP contribution in [0.1, 0.15) is 99.4 Å². The summed E-state index contributed by atoms with van der Waals surface area (Å²) in [4.78, 5) is 0. The van der Waals surface area contributed by atoms with Crippen LogP contribution in [0.5, 0.6) is 0 Å².